The number of hydrogen-bond acceptors (Lipinski definition) is 3. The van der Waals surface area contributed by atoms with Crippen LogP contribution in [-0.4, -0.2) is 5.78 Å². The van der Waals surface area contributed by atoms with Crippen molar-refractivity contribution >= 4 is 17.2 Å². The molecule has 116 valence electrons. The summed E-state index contributed by atoms with van der Waals surface area (Å²) in [5.41, 5.74) is 15.4. The molecule has 3 heteroatoms. The van der Waals surface area contributed by atoms with Gasteiger partial charge in [0.25, 0.3) is 0 Å². The minimum Gasteiger partial charge on any atom is -0.398 e. The second kappa shape index (κ2) is 6.72. The molecule has 0 unspecified atom stereocenters. The third-order valence-electron chi connectivity index (χ3n) is 3.60. The Morgan fingerprint density at radius 3 is 1.83 bits per heavy atom. The van der Waals surface area contributed by atoms with Gasteiger partial charge < -0.3 is 11.5 Å². The summed E-state index contributed by atoms with van der Waals surface area (Å²) in [4.78, 5) is 12.5. The van der Waals surface area contributed by atoms with E-state index in [9.17, 15) is 4.79 Å². The molecule has 3 rings (SSSR count). The van der Waals surface area contributed by atoms with E-state index in [-0.39, 0.29) is 5.78 Å². The smallest absolute Gasteiger partial charge is 0.193 e. The van der Waals surface area contributed by atoms with E-state index in [1.165, 1.54) is 0 Å². The number of anilines is 2. The molecule has 0 aliphatic rings. The SMILES string of the molecule is Nc1cc(C(=O)c2ccccc2)cc(N)c1C#Cc1ccccc1. The minimum absolute atomic E-state index is 0.114. The lowest BCUT2D eigenvalue weighted by atomic mass is 9.99. The molecular formula is C21H16N2O. The van der Waals surface area contributed by atoms with Crippen LogP contribution < -0.4 is 11.5 Å². The van der Waals surface area contributed by atoms with Crippen molar-refractivity contribution in [2.45, 2.75) is 0 Å². The van der Waals surface area contributed by atoms with Gasteiger partial charge in [-0.3, -0.25) is 4.79 Å². The maximum Gasteiger partial charge on any atom is 0.193 e. The fourth-order valence-corrected chi connectivity index (χ4v) is 2.38. The summed E-state index contributed by atoms with van der Waals surface area (Å²) in [6, 6.07) is 21.9. The highest BCUT2D eigenvalue weighted by Gasteiger charge is 2.12. The summed E-state index contributed by atoms with van der Waals surface area (Å²) < 4.78 is 0. The van der Waals surface area contributed by atoms with Crippen molar-refractivity contribution in [2.24, 2.45) is 0 Å². The Balaban J connectivity index is 1.95. The zero-order valence-corrected chi connectivity index (χ0v) is 13.0. The third kappa shape index (κ3) is 3.29. The Morgan fingerprint density at radius 1 is 0.708 bits per heavy atom. The standard InChI is InChI=1S/C21H16N2O/c22-19-13-17(21(24)16-9-5-2-6-10-16)14-20(23)18(19)12-11-15-7-3-1-4-8-15/h1-10,13-14H,22-23H2. The molecule has 0 aliphatic heterocycles. The molecule has 0 atom stereocenters. The van der Waals surface area contributed by atoms with Crippen LogP contribution in [0, 0.1) is 11.8 Å². The molecule has 3 aromatic rings. The van der Waals surface area contributed by atoms with E-state index in [1.807, 2.05) is 48.5 Å². The van der Waals surface area contributed by atoms with Gasteiger partial charge in [-0.25, -0.2) is 0 Å². The van der Waals surface area contributed by atoms with E-state index in [2.05, 4.69) is 11.8 Å². The van der Waals surface area contributed by atoms with E-state index in [4.69, 9.17) is 11.5 Å². The predicted molar refractivity (Wildman–Crippen MR) is 97.6 cm³/mol. The summed E-state index contributed by atoms with van der Waals surface area (Å²) >= 11 is 0. The first-order valence-corrected chi connectivity index (χ1v) is 7.51. The van der Waals surface area contributed by atoms with Gasteiger partial charge in [0.1, 0.15) is 0 Å². The number of hydrogen-bond donors (Lipinski definition) is 2. The quantitative estimate of drug-likeness (QED) is 0.432. The molecule has 0 aliphatic carbocycles. The molecule has 4 N–H and O–H groups in total. The van der Waals surface area contributed by atoms with Crippen LogP contribution in [0.2, 0.25) is 0 Å². The Labute approximate surface area is 140 Å². The lowest BCUT2D eigenvalue weighted by molar-refractivity contribution is 0.103. The second-order valence-corrected chi connectivity index (χ2v) is 5.34. The van der Waals surface area contributed by atoms with Crippen molar-refractivity contribution in [1.82, 2.24) is 0 Å². The van der Waals surface area contributed by atoms with E-state index in [0.717, 1.165) is 5.56 Å². The molecule has 0 saturated heterocycles. The van der Waals surface area contributed by atoms with Crippen molar-refractivity contribution in [3.8, 4) is 11.8 Å². The molecule has 0 saturated carbocycles. The molecule has 0 aromatic heterocycles. The van der Waals surface area contributed by atoms with Crippen LogP contribution in [0.5, 0.6) is 0 Å². The number of carbonyl (C=O) groups excluding carboxylic acids is 1. The normalized spacial score (nSPS) is 9.83. The van der Waals surface area contributed by atoms with Gasteiger partial charge in [-0.15, -0.1) is 0 Å². The number of rotatable bonds is 2. The molecule has 0 amide bonds. The highest BCUT2D eigenvalue weighted by atomic mass is 16.1. The van der Waals surface area contributed by atoms with Crippen molar-refractivity contribution in [2.75, 3.05) is 11.5 Å². The molecule has 0 fully saturated rings. The first-order chi connectivity index (χ1) is 11.6. The highest BCUT2D eigenvalue weighted by molar-refractivity contribution is 6.10. The number of ketones is 1. The van der Waals surface area contributed by atoms with Crippen LogP contribution in [-0.2, 0) is 0 Å². The van der Waals surface area contributed by atoms with Crippen molar-refractivity contribution in [3.63, 3.8) is 0 Å². The Hall–Kier alpha value is -3.51. The van der Waals surface area contributed by atoms with Crippen molar-refractivity contribution in [1.29, 1.82) is 0 Å². The summed E-state index contributed by atoms with van der Waals surface area (Å²) in [5, 5.41) is 0. The first-order valence-electron chi connectivity index (χ1n) is 7.51. The monoisotopic (exact) mass is 312 g/mol. The minimum atomic E-state index is -0.114. The van der Waals surface area contributed by atoms with Gasteiger partial charge in [0.05, 0.1) is 16.9 Å². The van der Waals surface area contributed by atoms with E-state index in [1.54, 1.807) is 24.3 Å². The second-order valence-electron chi connectivity index (χ2n) is 5.34. The van der Waals surface area contributed by atoms with Crippen LogP contribution in [0.4, 0.5) is 11.4 Å². The summed E-state index contributed by atoms with van der Waals surface area (Å²) in [6.45, 7) is 0. The molecule has 3 aromatic carbocycles. The topological polar surface area (TPSA) is 69.1 Å². The Kier molecular flexibility index (Phi) is 4.31. The molecular weight excluding hydrogens is 296 g/mol. The number of benzene rings is 3. The van der Waals surface area contributed by atoms with Crippen molar-refractivity contribution in [3.05, 3.63) is 95.1 Å². The van der Waals surface area contributed by atoms with Gasteiger partial charge in [-0.05, 0) is 24.3 Å². The van der Waals surface area contributed by atoms with Gasteiger partial charge in [0.15, 0.2) is 5.78 Å². The van der Waals surface area contributed by atoms with Gasteiger partial charge >= 0.3 is 0 Å². The predicted octanol–water partition coefficient (Wildman–Crippen LogP) is 3.48. The van der Waals surface area contributed by atoms with E-state index >= 15 is 0 Å². The third-order valence-corrected chi connectivity index (χ3v) is 3.60. The van der Waals surface area contributed by atoms with Crippen LogP contribution in [0.3, 0.4) is 0 Å². The Morgan fingerprint density at radius 2 is 1.25 bits per heavy atom. The molecule has 24 heavy (non-hydrogen) atoms. The van der Waals surface area contributed by atoms with Crippen LogP contribution in [0.15, 0.2) is 72.8 Å². The largest absolute Gasteiger partial charge is 0.398 e. The molecule has 0 bridgehead atoms. The average molecular weight is 312 g/mol. The van der Waals surface area contributed by atoms with E-state index < -0.39 is 0 Å². The summed E-state index contributed by atoms with van der Waals surface area (Å²) in [6.07, 6.45) is 0. The summed E-state index contributed by atoms with van der Waals surface area (Å²) in [7, 11) is 0. The molecule has 0 radical (unpaired) electrons. The Bertz CT molecular complexity index is 913. The molecule has 0 spiro atoms. The zero-order chi connectivity index (χ0) is 16.9. The molecule has 3 nitrogen and oxygen atoms in total. The number of nitrogens with two attached hydrogens (primary N) is 2. The maximum atomic E-state index is 12.5. The summed E-state index contributed by atoms with van der Waals surface area (Å²) in [5.74, 6) is 5.91. The lowest BCUT2D eigenvalue weighted by Gasteiger charge is -2.07. The first kappa shape index (κ1) is 15.4. The average Bonchev–Trinajstić information content (AvgIpc) is 2.62. The van der Waals surface area contributed by atoms with Gasteiger partial charge in [-0.1, -0.05) is 60.4 Å². The van der Waals surface area contributed by atoms with Crippen LogP contribution >= 0.6 is 0 Å². The van der Waals surface area contributed by atoms with E-state index in [0.29, 0.717) is 28.1 Å². The molecule has 0 heterocycles. The van der Waals surface area contributed by atoms with Gasteiger partial charge in [-0.2, -0.15) is 0 Å². The number of nitrogen functional groups attached to an aromatic ring is 2. The number of carbonyl (C=O) groups is 1. The fraction of sp³-hybridized carbons (Fsp3) is 0. The fourth-order valence-electron chi connectivity index (χ4n) is 2.38. The van der Waals surface area contributed by atoms with Crippen LogP contribution in [0.25, 0.3) is 0 Å². The van der Waals surface area contributed by atoms with Crippen molar-refractivity contribution < 1.29 is 4.79 Å². The van der Waals surface area contributed by atoms with Crippen LogP contribution in [0.1, 0.15) is 27.0 Å². The van der Waals surface area contributed by atoms with Gasteiger partial charge in [0, 0.05) is 16.7 Å². The van der Waals surface area contributed by atoms with Gasteiger partial charge in [0.2, 0.25) is 0 Å². The highest BCUT2D eigenvalue weighted by Crippen LogP contribution is 2.23. The lowest BCUT2D eigenvalue weighted by Crippen LogP contribution is -2.05. The maximum absolute atomic E-state index is 12.5. The zero-order valence-electron chi connectivity index (χ0n) is 13.0.